The Bertz CT molecular complexity index is 140. The van der Waals surface area contributed by atoms with Crippen LogP contribution in [0.5, 0.6) is 0 Å². The van der Waals surface area contributed by atoms with Crippen LogP contribution in [0.3, 0.4) is 0 Å². The van der Waals surface area contributed by atoms with Gasteiger partial charge >= 0.3 is 0 Å². The number of nitriles is 1. The molecule has 3 nitrogen and oxygen atoms in total. The molecule has 0 bridgehead atoms. The average Bonchev–Trinajstić information content (AvgIpc) is 1.63. The van der Waals surface area contributed by atoms with Crippen molar-refractivity contribution >= 4 is 11.1 Å². The van der Waals surface area contributed by atoms with Crippen LogP contribution in [0.4, 0.5) is 0 Å². The predicted molar refractivity (Wildman–Crippen MR) is 33.2 cm³/mol. The summed E-state index contributed by atoms with van der Waals surface area (Å²) in [7, 11) is 0. The first-order valence-corrected chi connectivity index (χ1v) is 3.84. The van der Waals surface area contributed by atoms with E-state index in [1.165, 1.54) is 0 Å². The van der Waals surface area contributed by atoms with Gasteiger partial charge in [0.05, 0.1) is 6.07 Å². The second-order valence-corrected chi connectivity index (χ2v) is 2.88. The standard InChI is InChI=1S/C5H9NO2S/c1-5(2-3-6)4-9(7)8/h5H,2,4H2,1H3,(H,7,8)/p-1. The summed E-state index contributed by atoms with van der Waals surface area (Å²) in [5, 5.41) is 8.10. The zero-order valence-electron chi connectivity index (χ0n) is 5.16. The highest BCUT2D eigenvalue weighted by molar-refractivity contribution is 7.79. The number of rotatable bonds is 3. The fourth-order valence-electron chi connectivity index (χ4n) is 0.447. The lowest BCUT2D eigenvalue weighted by Gasteiger charge is -2.08. The van der Waals surface area contributed by atoms with Gasteiger partial charge in [0.1, 0.15) is 0 Å². The first-order valence-electron chi connectivity index (χ1n) is 2.59. The van der Waals surface area contributed by atoms with Gasteiger partial charge in [-0.25, -0.2) is 0 Å². The van der Waals surface area contributed by atoms with E-state index in [2.05, 4.69) is 0 Å². The third-order valence-electron chi connectivity index (χ3n) is 0.860. The first-order chi connectivity index (χ1) is 4.16. The summed E-state index contributed by atoms with van der Waals surface area (Å²) in [6, 6.07) is 1.90. The van der Waals surface area contributed by atoms with E-state index >= 15 is 0 Å². The van der Waals surface area contributed by atoms with Gasteiger partial charge in [0.25, 0.3) is 0 Å². The van der Waals surface area contributed by atoms with Gasteiger partial charge in [0.2, 0.25) is 0 Å². The summed E-state index contributed by atoms with van der Waals surface area (Å²) in [5.74, 6) is 0.0569. The maximum absolute atomic E-state index is 9.98. The number of hydrogen-bond donors (Lipinski definition) is 0. The van der Waals surface area contributed by atoms with Crippen LogP contribution in [0.1, 0.15) is 13.3 Å². The monoisotopic (exact) mass is 146 g/mol. The summed E-state index contributed by atoms with van der Waals surface area (Å²) in [6.45, 7) is 1.74. The zero-order valence-corrected chi connectivity index (χ0v) is 5.98. The number of hydrogen-bond acceptors (Lipinski definition) is 3. The topological polar surface area (TPSA) is 63.9 Å². The van der Waals surface area contributed by atoms with Crippen LogP contribution in [0, 0.1) is 17.2 Å². The summed E-state index contributed by atoms with van der Waals surface area (Å²) in [6.07, 6.45) is 0.313. The molecule has 0 aliphatic carbocycles. The van der Waals surface area contributed by atoms with Gasteiger partial charge in [-0.05, 0) is 5.92 Å². The van der Waals surface area contributed by atoms with Crippen LogP contribution in [0.15, 0.2) is 0 Å². The van der Waals surface area contributed by atoms with E-state index in [9.17, 15) is 8.76 Å². The van der Waals surface area contributed by atoms with Crippen molar-refractivity contribution in [3.05, 3.63) is 0 Å². The zero-order chi connectivity index (χ0) is 7.28. The van der Waals surface area contributed by atoms with Crippen molar-refractivity contribution in [2.45, 2.75) is 13.3 Å². The van der Waals surface area contributed by atoms with Crippen LogP contribution in [-0.4, -0.2) is 14.5 Å². The maximum Gasteiger partial charge on any atom is 0.0624 e. The van der Waals surface area contributed by atoms with Crippen LogP contribution in [0.25, 0.3) is 0 Å². The lowest BCUT2D eigenvalue weighted by molar-refractivity contribution is 0.522. The Labute approximate surface area is 57.0 Å². The van der Waals surface area contributed by atoms with Gasteiger partial charge in [-0.1, -0.05) is 18.0 Å². The van der Waals surface area contributed by atoms with Crippen molar-refractivity contribution in [2.75, 3.05) is 5.75 Å². The molecule has 0 amide bonds. The van der Waals surface area contributed by atoms with Gasteiger partial charge in [0, 0.05) is 12.2 Å². The molecule has 0 spiro atoms. The highest BCUT2D eigenvalue weighted by Crippen LogP contribution is 2.00. The predicted octanol–water partition coefficient (Wildman–Crippen LogP) is 0.415. The van der Waals surface area contributed by atoms with Crippen LogP contribution in [-0.2, 0) is 11.1 Å². The van der Waals surface area contributed by atoms with Crippen molar-refractivity contribution in [1.82, 2.24) is 0 Å². The van der Waals surface area contributed by atoms with E-state index in [1.807, 2.05) is 6.07 Å². The fourth-order valence-corrected chi connectivity index (χ4v) is 1.03. The molecule has 0 aromatic rings. The Balaban J connectivity index is 3.40. The molecule has 0 aliphatic rings. The Morgan fingerprint density at radius 2 is 2.44 bits per heavy atom. The first kappa shape index (κ1) is 8.60. The molecule has 9 heavy (non-hydrogen) atoms. The molecule has 0 saturated heterocycles. The van der Waals surface area contributed by atoms with Gasteiger partial charge in [-0.15, -0.1) is 0 Å². The lowest BCUT2D eigenvalue weighted by Crippen LogP contribution is -2.05. The van der Waals surface area contributed by atoms with Crippen molar-refractivity contribution in [3.63, 3.8) is 0 Å². The van der Waals surface area contributed by atoms with Crippen molar-refractivity contribution in [2.24, 2.45) is 5.92 Å². The molecule has 4 heteroatoms. The molecule has 0 fully saturated rings. The Morgan fingerprint density at radius 3 is 2.78 bits per heavy atom. The third kappa shape index (κ3) is 5.47. The highest BCUT2D eigenvalue weighted by Gasteiger charge is 1.98. The molecular formula is C5H8NO2S-. The molecule has 52 valence electrons. The second kappa shape index (κ2) is 4.48. The SMILES string of the molecule is CC(CC#N)CS(=O)[O-]. The van der Waals surface area contributed by atoms with Crippen molar-refractivity contribution in [1.29, 1.82) is 5.26 Å². The molecule has 0 saturated carbocycles. The molecule has 0 radical (unpaired) electrons. The minimum Gasteiger partial charge on any atom is -0.772 e. The largest absolute Gasteiger partial charge is 0.772 e. The third-order valence-corrected chi connectivity index (χ3v) is 1.70. The summed E-state index contributed by atoms with van der Waals surface area (Å²) < 4.78 is 20.0. The fraction of sp³-hybridized carbons (Fsp3) is 0.800. The summed E-state index contributed by atoms with van der Waals surface area (Å²) in [5.41, 5.74) is 0. The van der Waals surface area contributed by atoms with Gasteiger partial charge in [0.15, 0.2) is 0 Å². The molecule has 0 N–H and O–H groups in total. The molecule has 0 aromatic heterocycles. The van der Waals surface area contributed by atoms with E-state index in [0.29, 0.717) is 6.42 Å². The average molecular weight is 146 g/mol. The Hall–Kier alpha value is -0.400. The molecule has 0 aromatic carbocycles. The van der Waals surface area contributed by atoms with Crippen LogP contribution < -0.4 is 0 Å². The second-order valence-electron chi connectivity index (χ2n) is 1.94. The van der Waals surface area contributed by atoms with E-state index in [1.54, 1.807) is 6.92 Å². The lowest BCUT2D eigenvalue weighted by atomic mass is 10.2. The molecular weight excluding hydrogens is 138 g/mol. The summed E-state index contributed by atoms with van der Waals surface area (Å²) >= 11 is -2.00. The molecule has 2 unspecified atom stereocenters. The van der Waals surface area contributed by atoms with E-state index < -0.39 is 11.1 Å². The van der Waals surface area contributed by atoms with Crippen molar-refractivity contribution in [3.8, 4) is 6.07 Å². The molecule has 0 heterocycles. The van der Waals surface area contributed by atoms with Crippen molar-refractivity contribution < 1.29 is 8.76 Å². The number of nitrogens with zero attached hydrogens (tertiary/aromatic N) is 1. The molecule has 0 aliphatic heterocycles. The van der Waals surface area contributed by atoms with Crippen LogP contribution >= 0.6 is 0 Å². The van der Waals surface area contributed by atoms with Gasteiger partial charge < -0.3 is 4.55 Å². The quantitative estimate of drug-likeness (QED) is 0.542. The summed E-state index contributed by atoms with van der Waals surface area (Å²) in [4.78, 5) is 0. The minimum atomic E-state index is -2.00. The molecule has 0 rings (SSSR count). The normalized spacial score (nSPS) is 16.1. The van der Waals surface area contributed by atoms with Gasteiger partial charge in [-0.2, -0.15) is 5.26 Å². The van der Waals surface area contributed by atoms with E-state index in [-0.39, 0.29) is 11.7 Å². The smallest absolute Gasteiger partial charge is 0.0624 e. The Morgan fingerprint density at radius 1 is 1.89 bits per heavy atom. The van der Waals surface area contributed by atoms with E-state index in [4.69, 9.17) is 5.26 Å². The van der Waals surface area contributed by atoms with E-state index in [0.717, 1.165) is 0 Å². The highest BCUT2D eigenvalue weighted by atomic mass is 32.2. The Kier molecular flexibility index (Phi) is 4.28. The van der Waals surface area contributed by atoms with Crippen LogP contribution in [0.2, 0.25) is 0 Å². The maximum atomic E-state index is 9.98. The minimum absolute atomic E-state index is 0.0340. The van der Waals surface area contributed by atoms with Gasteiger partial charge in [-0.3, -0.25) is 4.21 Å². The molecule has 2 atom stereocenters.